The number of morpholine rings is 1. The van der Waals surface area contributed by atoms with Crippen molar-refractivity contribution in [1.29, 1.82) is 0 Å². The first-order chi connectivity index (χ1) is 12.3. The van der Waals surface area contributed by atoms with Gasteiger partial charge in [-0.3, -0.25) is 0 Å². The summed E-state index contributed by atoms with van der Waals surface area (Å²) in [5.41, 5.74) is -0.525. The second-order valence-corrected chi connectivity index (χ2v) is 6.95. The van der Waals surface area contributed by atoms with E-state index < -0.39 is 17.8 Å². The first kappa shape index (κ1) is 18.8. The minimum atomic E-state index is -4.54. The minimum Gasteiger partial charge on any atom is -0.378 e. The van der Waals surface area contributed by atoms with Gasteiger partial charge in [-0.25, -0.2) is 4.79 Å². The molecule has 1 N–H and O–H groups in total. The molecule has 0 aliphatic carbocycles. The molecule has 2 fully saturated rings. The van der Waals surface area contributed by atoms with Crippen LogP contribution in [-0.4, -0.2) is 50.3 Å². The van der Waals surface area contributed by atoms with Crippen LogP contribution in [0.25, 0.3) is 0 Å². The second kappa shape index (κ2) is 7.73. The van der Waals surface area contributed by atoms with Crippen LogP contribution in [0.1, 0.15) is 25.3 Å². The van der Waals surface area contributed by atoms with Gasteiger partial charge in [0.15, 0.2) is 0 Å². The van der Waals surface area contributed by atoms with Crippen LogP contribution >= 0.6 is 0 Å². The van der Waals surface area contributed by atoms with E-state index in [-0.39, 0.29) is 5.69 Å². The molecule has 2 heterocycles. The molecule has 1 aromatic rings. The lowest BCUT2D eigenvalue weighted by Crippen LogP contribution is -2.42. The summed E-state index contributed by atoms with van der Waals surface area (Å²) >= 11 is 0. The maximum Gasteiger partial charge on any atom is 0.418 e. The first-order valence-electron chi connectivity index (χ1n) is 8.94. The number of carbonyl (C=O) groups is 1. The molecule has 26 heavy (non-hydrogen) atoms. The predicted octanol–water partition coefficient (Wildman–Crippen LogP) is 3.81. The number of benzene rings is 1. The maximum absolute atomic E-state index is 13.5. The van der Waals surface area contributed by atoms with Gasteiger partial charge in [0.1, 0.15) is 0 Å². The fraction of sp³-hybridized carbons (Fsp3) is 0.611. The molecule has 2 aliphatic heterocycles. The SMILES string of the molecule is CC1CCCN(C(=O)Nc2ccc(N3CCOCC3)cc2C(F)(F)F)C1. The monoisotopic (exact) mass is 371 g/mol. The third-order valence-electron chi connectivity index (χ3n) is 4.87. The summed E-state index contributed by atoms with van der Waals surface area (Å²) < 4.78 is 45.9. The average Bonchev–Trinajstić information content (AvgIpc) is 2.62. The van der Waals surface area contributed by atoms with Crippen LogP contribution in [0, 0.1) is 5.92 Å². The Morgan fingerprint density at radius 2 is 1.96 bits per heavy atom. The van der Waals surface area contributed by atoms with E-state index in [1.165, 1.54) is 6.07 Å². The van der Waals surface area contributed by atoms with Crippen molar-refractivity contribution in [2.75, 3.05) is 49.6 Å². The number of hydrogen-bond donors (Lipinski definition) is 1. The number of anilines is 2. The lowest BCUT2D eigenvalue weighted by Gasteiger charge is -2.32. The van der Waals surface area contributed by atoms with Crippen LogP contribution in [0.15, 0.2) is 18.2 Å². The van der Waals surface area contributed by atoms with Gasteiger partial charge in [-0.05, 0) is 37.0 Å². The number of urea groups is 1. The smallest absolute Gasteiger partial charge is 0.378 e. The predicted molar refractivity (Wildman–Crippen MR) is 93.5 cm³/mol. The Bertz CT molecular complexity index is 645. The molecular weight excluding hydrogens is 347 g/mol. The van der Waals surface area contributed by atoms with Crippen molar-refractivity contribution in [3.8, 4) is 0 Å². The van der Waals surface area contributed by atoms with E-state index in [2.05, 4.69) is 5.32 Å². The van der Waals surface area contributed by atoms with Crippen molar-refractivity contribution in [2.24, 2.45) is 5.92 Å². The minimum absolute atomic E-state index is 0.197. The second-order valence-electron chi connectivity index (χ2n) is 6.95. The molecule has 0 aromatic heterocycles. The number of amides is 2. The van der Waals surface area contributed by atoms with Gasteiger partial charge < -0.3 is 19.9 Å². The van der Waals surface area contributed by atoms with E-state index in [4.69, 9.17) is 4.74 Å². The van der Waals surface area contributed by atoms with Crippen LogP contribution in [0.4, 0.5) is 29.3 Å². The normalized spacial score (nSPS) is 21.6. The quantitative estimate of drug-likeness (QED) is 0.860. The summed E-state index contributed by atoms with van der Waals surface area (Å²) in [5.74, 6) is 0.361. The molecule has 2 saturated heterocycles. The molecule has 1 atom stereocenters. The number of ether oxygens (including phenoxy) is 1. The summed E-state index contributed by atoms with van der Waals surface area (Å²) in [7, 11) is 0. The molecule has 0 saturated carbocycles. The van der Waals surface area contributed by atoms with E-state index in [0.29, 0.717) is 51.0 Å². The number of nitrogens with one attached hydrogen (secondary N) is 1. The molecule has 3 rings (SSSR count). The zero-order valence-corrected chi connectivity index (χ0v) is 14.8. The Kier molecular flexibility index (Phi) is 5.60. The lowest BCUT2D eigenvalue weighted by atomic mass is 10.0. The van der Waals surface area contributed by atoms with E-state index >= 15 is 0 Å². The van der Waals surface area contributed by atoms with E-state index in [1.54, 1.807) is 11.0 Å². The molecule has 144 valence electrons. The van der Waals surface area contributed by atoms with Gasteiger partial charge in [0.25, 0.3) is 0 Å². The molecule has 1 aromatic carbocycles. The summed E-state index contributed by atoms with van der Waals surface area (Å²) in [6.07, 6.45) is -2.64. The van der Waals surface area contributed by atoms with Crippen molar-refractivity contribution < 1.29 is 22.7 Å². The van der Waals surface area contributed by atoms with Crippen molar-refractivity contribution >= 4 is 17.4 Å². The fourth-order valence-corrected chi connectivity index (χ4v) is 3.46. The molecule has 0 spiro atoms. The zero-order valence-electron chi connectivity index (χ0n) is 14.8. The number of halogens is 3. The Morgan fingerprint density at radius 1 is 1.23 bits per heavy atom. The van der Waals surface area contributed by atoms with Gasteiger partial charge in [-0.2, -0.15) is 13.2 Å². The third kappa shape index (κ3) is 4.41. The average molecular weight is 371 g/mol. The third-order valence-corrected chi connectivity index (χ3v) is 4.87. The first-order valence-corrected chi connectivity index (χ1v) is 8.94. The lowest BCUT2D eigenvalue weighted by molar-refractivity contribution is -0.136. The van der Waals surface area contributed by atoms with Gasteiger partial charge in [0.05, 0.1) is 24.5 Å². The number of alkyl halides is 3. The van der Waals surface area contributed by atoms with Crippen LogP contribution in [0.5, 0.6) is 0 Å². The maximum atomic E-state index is 13.5. The summed E-state index contributed by atoms with van der Waals surface area (Å²) in [5, 5.41) is 2.46. The van der Waals surface area contributed by atoms with Gasteiger partial charge in [-0.1, -0.05) is 6.92 Å². The van der Waals surface area contributed by atoms with E-state index in [0.717, 1.165) is 18.9 Å². The van der Waals surface area contributed by atoms with E-state index in [1.807, 2.05) is 11.8 Å². The van der Waals surface area contributed by atoms with Crippen molar-refractivity contribution in [1.82, 2.24) is 4.90 Å². The summed E-state index contributed by atoms with van der Waals surface area (Å²) in [6, 6.07) is 3.61. The van der Waals surface area contributed by atoms with Gasteiger partial charge in [0.2, 0.25) is 0 Å². The molecule has 1 unspecified atom stereocenters. The topological polar surface area (TPSA) is 44.8 Å². The van der Waals surface area contributed by atoms with Crippen LogP contribution < -0.4 is 10.2 Å². The van der Waals surface area contributed by atoms with Gasteiger partial charge >= 0.3 is 12.2 Å². The number of carbonyl (C=O) groups excluding carboxylic acids is 1. The number of rotatable bonds is 2. The highest BCUT2D eigenvalue weighted by molar-refractivity contribution is 5.90. The molecular formula is C18H24F3N3O2. The molecule has 8 heteroatoms. The number of hydrogen-bond acceptors (Lipinski definition) is 3. The van der Waals surface area contributed by atoms with Gasteiger partial charge in [-0.15, -0.1) is 0 Å². The Hall–Kier alpha value is -1.96. The van der Waals surface area contributed by atoms with Crippen LogP contribution in [0.3, 0.4) is 0 Å². The summed E-state index contributed by atoms with van der Waals surface area (Å²) in [4.78, 5) is 15.8. The molecule has 0 bridgehead atoms. The van der Waals surface area contributed by atoms with Crippen molar-refractivity contribution in [3.05, 3.63) is 23.8 Å². The molecule has 2 amide bonds. The highest BCUT2D eigenvalue weighted by Gasteiger charge is 2.35. The van der Waals surface area contributed by atoms with Crippen LogP contribution in [0.2, 0.25) is 0 Å². The Labute approximate surface area is 151 Å². The standard InChI is InChI=1S/C18H24F3N3O2/c1-13-3-2-6-24(12-13)17(25)22-16-5-4-14(11-15(16)18(19,20)21)23-7-9-26-10-8-23/h4-5,11,13H,2-3,6-10,12H2,1H3,(H,22,25). The zero-order chi connectivity index (χ0) is 18.7. The number of piperidine rings is 1. The van der Waals surface area contributed by atoms with Gasteiger partial charge in [0, 0.05) is 31.9 Å². The Morgan fingerprint density at radius 3 is 2.62 bits per heavy atom. The van der Waals surface area contributed by atoms with Crippen molar-refractivity contribution in [3.63, 3.8) is 0 Å². The molecule has 2 aliphatic rings. The van der Waals surface area contributed by atoms with Crippen LogP contribution in [-0.2, 0) is 10.9 Å². The molecule has 0 radical (unpaired) electrons. The Balaban J connectivity index is 1.80. The fourth-order valence-electron chi connectivity index (χ4n) is 3.46. The summed E-state index contributed by atoms with van der Waals surface area (Å²) in [6.45, 7) is 5.27. The highest BCUT2D eigenvalue weighted by Crippen LogP contribution is 2.37. The van der Waals surface area contributed by atoms with Crippen molar-refractivity contribution in [2.45, 2.75) is 25.9 Å². The van der Waals surface area contributed by atoms with E-state index in [9.17, 15) is 18.0 Å². The highest BCUT2D eigenvalue weighted by atomic mass is 19.4. The number of likely N-dealkylation sites (tertiary alicyclic amines) is 1. The number of nitrogens with zero attached hydrogens (tertiary/aromatic N) is 2. The largest absolute Gasteiger partial charge is 0.418 e. The molecule has 5 nitrogen and oxygen atoms in total.